The largest absolute Gasteiger partial charge is 0.381 e. The molecule has 0 amide bonds. The highest BCUT2D eigenvalue weighted by atomic mass is 16.5. The first-order valence-electron chi connectivity index (χ1n) is 12.1. The Morgan fingerprint density at radius 3 is 1.64 bits per heavy atom. The van der Waals surface area contributed by atoms with Crippen molar-refractivity contribution in [3.63, 3.8) is 0 Å². The molecule has 164 valence electrons. The molecule has 0 aromatic carbocycles. The van der Waals surface area contributed by atoms with Crippen molar-refractivity contribution in [2.45, 2.75) is 124 Å². The van der Waals surface area contributed by atoms with Crippen LogP contribution in [0.1, 0.15) is 117 Å². The van der Waals surface area contributed by atoms with Crippen LogP contribution in [0.5, 0.6) is 0 Å². The summed E-state index contributed by atoms with van der Waals surface area (Å²) in [4.78, 5) is 4.08. The lowest BCUT2D eigenvalue weighted by Gasteiger charge is -2.17. The number of nitrogens with zero attached hydrogens (tertiary/aromatic N) is 2. The molecule has 0 radical (unpaired) electrons. The van der Waals surface area contributed by atoms with Crippen molar-refractivity contribution in [1.29, 1.82) is 0 Å². The van der Waals surface area contributed by atoms with Gasteiger partial charge in [-0.05, 0) is 24.7 Å². The van der Waals surface area contributed by atoms with E-state index in [-0.39, 0.29) is 0 Å². The van der Waals surface area contributed by atoms with Gasteiger partial charge in [0.2, 0.25) is 0 Å². The van der Waals surface area contributed by atoms with Crippen LogP contribution in [0.25, 0.3) is 0 Å². The van der Waals surface area contributed by atoms with Crippen molar-refractivity contribution in [1.82, 2.24) is 9.55 Å². The van der Waals surface area contributed by atoms with Crippen molar-refractivity contribution < 1.29 is 4.74 Å². The lowest BCUT2D eigenvalue weighted by Crippen LogP contribution is -2.09. The Bertz CT molecular complexity index is 422. The van der Waals surface area contributed by atoms with E-state index in [4.69, 9.17) is 4.74 Å². The summed E-state index contributed by atoms with van der Waals surface area (Å²) in [5.74, 6) is 0. The number of ether oxygens (including phenoxy) is 1. The Hall–Kier alpha value is -0.830. The lowest BCUT2D eigenvalue weighted by atomic mass is 9.93. The minimum absolute atomic E-state index is 0.404. The molecular formula is C25H48N2O. The quantitative estimate of drug-likeness (QED) is 0.225. The average molecular weight is 393 g/mol. The number of aryl methyl sites for hydroxylation is 1. The third-order valence-electron chi connectivity index (χ3n) is 5.51. The normalized spacial score (nSPS) is 12.0. The van der Waals surface area contributed by atoms with Crippen molar-refractivity contribution in [3.8, 4) is 0 Å². The van der Waals surface area contributed by atoms with E-state index < -0.39 is 0 Å². The van der Waals surface area contributed by atoms with E-state index in [1.807, 2.05) is 12.5 Å². The van der Waals surface area contributed by atoms with Crippen molar-refractivity contribution in [2.75, 3.05) is 13.2 Å². The molecular weight excluding hydrogens is 344 g/mol. The average Bonchev–Trinajstić information content (AvgIpc) is 3.16. The second-order valence-corrected chi connectivity index (χ2v) is 9.67. The molecule has 1 aromatic rings. The zero-order valence-corrected chi connectivity index (χ0v) is 19.3. The number of unbranched alkanes of at least 4 members (excludes halogenated alkanes) is 13. The van der Waals surface area contributed by atoms with Gasteiger partial charge in [0.25, 0.3) is 0 Å². The molecule has 0 aliphatic heterocycles. The van der Waals surface area contributed by atoms with E-state index >= 15 is 0 Å². The molecule has 0 fully saturated rings. The number of hydrogen-bond acceptors (Lipinski definition) is 2. The lowest BCUT2D eigenvalue weighted by molar-refractivity contribution is 0.105. The van der Waals surface area contributed by atoms with Gasteiger partial charge in [-0.2, -0.15) is 0 Å². The number of aromatic nitrogens is 2. The molecule has 0 saturated heterocycles. The molecule has 1 aromatic heterocycles. The predicted octanol–water partition coefficient (Wildman–Crippen LogP) is 7.80. The van der Waals surface area contributed by atoms with E-state index in [1.165, 1.54) is 96.3 Å². The van der Waals surface area contributed by atoms with Crippen molar-refractivity contribution >= 4 is 0 Å². The van der Waals surface area contributed by atoms with Crippen LogP contribution in [0.4, 0.5) is 0 Å². The Morgan fingerprint density at radius 2 is 1.18 bits per heavy atom. The van der Waals surface area contributed by atoms with Crippen LogP contribution in [0, 0.1) is 5.41 Å². The molecule has 0 unspecified atom stereocenters. The predicted molar refractivity (Wildman–Crippen MR) is 122 cm³/mol. The fourth-order valence-corrected chi connectivity index (χ4v) is 3.52. The van der Waals surface area contributed by atoms with Crippen LogP contribution in [-0.2, 0) is 11.3 Å². The molecule has 0 aliphatic rings. The molecule has 28 heavy (non-hydrogen) atoms. The second kappa shape index (κ2) is 17.1. The van der Waals surface area contributed by atoms with Gasteiger partial charge in [-0.15, -0.1) is 0 Å². The summed E-state index contributed by atoms with van der Waals surface area (Å²) in [5, 5.41) is 0. The minimum atomic E-state index is 0.404. The van der Waals surface area contributed by atoms with Gasteiger partial charge < -0.3 is 9.30 Å². The van der Waals surface area contributed by atoms with Crippen LogP contribution in [0.2, 0.25) is 0 Å². The van der Waals surface area contributed by atoms with Crippen molar-refractivity contribution in [2.24, 2.45) is 5.41 Å². The zero-order chi connectivity index (χ0) is 20.3. The SMILES string of the molecule is CC(C)(C)CCOCCCCCCCCCCCCCCCCn1ccnc1. The highest BCUT2D eigenvalue weighted by Crippen LogP contribution is 2.18. The maximum atomic E-state index is 5.74. The van der Waals surface area contributed by atoms with E-state index in [1.54, 1.807) is 0 Å². The smallest absolute Gasteiger partial charge is 0.0945 e. The van der Waals surface area contributed by atoms with Crippen LogP contribution in [0.15, 0.2) is 18.7 Å². The van der Waals surface area contributed by atoms with Crippen LogP contribution >= 0.6 is 0 Å². The zero-order valence-electron chi connectivity index (χ0n) is 19.3. The first-order valence-corrected chi connectivity index (χ1v) is 12.1. The Labute approximate surface area is 175 Å². The molecule has 0 bridgehead atoms. The third kappa shape index (κ3) is 17.3. The fraction of sp³-hybridized carbons (Fsp3) is 0.880. The summed E-state index contributed by atoms with van der Waals surface area (Å²) in [5.41, 5.74) is 0.404. The Balaban J connectivity index is 1.67. The number of rotatable bonds is 19. The molecule has 0 saturated carbocycles. The summed E-state index contributed by atoms with van der Waals surface area (Å²) in [6.45, 7) is 9.85. The van der Waals surface area contributed by atoms with Crippen LogP contribution in [0.3, 0.4) is 0 Å². The summed E-state index contributed by atoms with van der Waals surface area (Å²) >= 11 is 0. The first kappa shape index (κ1) is 25.2. The third-order valence-corrected chi connectivity index (χ3v) is 5.51. The second-order valence-electron chi connectivity index (χ2n) is 9.67. The first-order chi connectivity index (χ1) is 13.6. The molecule has 3 heteroatoms. The van der Waals surface area contributed by atoms with Crippen LogP contribution in [-0.4, -0.2) is 22.8 Å². The van der Waals surface area contributed by atoms with Crippen molar-refractivity contribution in [3.05, 3.63) is 18.7 Å². The molecule has 0 spiro atoms. The van der Waals surface area contributed by atoms with E-state index in [0.717, 1.165) is 19.8 Å². The van der Waals surface area contributed by atoms with Gasteiger partial charge in [0.05, 0.1) is 6.33 Å². The molecule has 1 rings (SSSR count). The molecule has 1 heterocycles. The van der Waals surface area contributed by atoms with Gasteiger partial charge in [-0.3, -0.25) is 0 Å². The van der Waals surface area contributed by atoms with Gasteiger partial charge in [0.15, 0.2) is 0 Å². The topological polar surface area (TPSA) is 27.1 Å². The monoisotopic (exact) mass is 392 g/mol. The Kier molecular flexibility index (Phi) is 15.4. The standard InChI is InChI=1S/C25H48N2O/c1-25(2,3)18-23-28-22-17-15-13-11-9-7-5-4-6-8-10-12-14-16-20-27-21-19-26-24-27/h19,21,24H,4-18,20,22-23H2,1-3H3. The maximum absolute atomic E-state index is 5.74. The highest BCUT2D eigenvalue weighted by molar-refractivity contribution is 4.73. The Morgan fingerprint density at radius 1 is 0.679 bits per heavy atom. The van der Waals surface area contributed by atoms with Gasteiger partial charge in [-0.1, -0.05) is 97.8 Å². The fourth-order valence-electron chi connectivity index (χ4n) is 3.52. The summed E-state index contributed by atoms with van der Waals surface area (Å²) in [7, 11) is 0. The maximum Gasteiger partial charge on any atom is 0.0945 e. The molecule has 3 nitrogen and oxygen atoms in total. The van der Waals surface area contributed by atoms with Gasteiger partial charge in [-0.25, -0.2) is 4.98 Å². The summed E-state index contributed by atoms with van der Waals surface area (Å²) < 4.78 is 7.92. The van der Waals surface area contributed by atoms with Crippen LogP contribution < -0.4 is 0 Å². The van der Waals surface area contributed by atoms with Gasteiger partial charge in [0.1, 0.15) is 0 Å². The minimum Gasteiger partial charge on any atom is -0.381 e. The number of hydrogen-bond donors (Lipinski definition) is 0. The van der Waals surface area contributed by atoms with E-state index in [9.17, 15) is 0 Å². The van der Waals surface area contributed by atoms with Gasteiger partial charge in [0, 0.05) is 32.2 Å². The molecule has 0 atom stereocenters. The molecule has 0 aliphatic carbocycles. The summed E-state index contributed by atoms with van der Waals surface area (Å²) in [6, 6.07) is 0. The van der Waals surface area contributed by atoms with E-state index in [2.05, 4.69) is 36.5 Å². The number of imidazole rings is 1. The van der Waals surface area contributed by atoms with E-state index in [0.29, 0.717) is 5.41 Å². The highest BCUT2D eigenvalue weighted by Gasteiger charge is 2.08. The van der Waals surface area contributed by atoms with Gasteiger partial charge >= 0.3 is 0 Å². The summed E-state index contributed by atoms with van der Waals surface area (Å²) in [6.07, 6.45) is 26.5. The molecule has 0 N–H and O–H groups in total.